The summed E-state index contributed by atoms with van der Waals surface area (Å²) in [6.07, 6.45) is 0.897. The van der Waals surface area contributed by atoms with Gasteiger partial charge in [-0.3, -0.25) is 14.3 Å². The first-order valence-corrected chi connectivity index (χ1v) is 8.97. The Bertz CT molecular complexity index is 1060. The fourth-order valence-corrected chi connectivity index (χ4v) is 3.75. The lowest BCUT2D eigenvalue weighted by atomic mass is 9.91. The van der Waals surface area contributed by atoms with Crippen molar-refractivity contribution in [1.29, 1.82) is 0 Å². The minimum atomic E-state index is -0.360. The van der Waals surface area contributed by atoms with E-state index in [9.17, 15) is 9.90 Å². The number of hydrogen-bond donors (Lipinski definition) is 3. The van der Waals surface area contributed by atoms with Gasteiger partial charge in [-0.15, -0.1) is 0 Å². The Kier molecular flexibility index (Phi) is 4.44. The number of nitrogens with zero attached hydrogens (tertiary/aromatic N) is 1. The molecule has 0 unspecified atom stereocenters. The topological polar surface area (TPSA) is 70.0 Å². The Morgan fingerprint density at radius 2 is 1.85 bits per heavy atom. The fourth-order valence-electron chi connectivity index (χ4n) is 3.51. The number of benzene rings is 2. The molecule has 5 nitrogen and oxygen atoms in total. The van der Waals surface area contributed by atoms with Crippen LogP contribution in [0.2, 0.25) is 0 Å². The molecule has 1 aliphatic heterocycles. The highest BCUT2D eigenvalue weighted by Gasteiger charge is 2.27. The Balaban J connectivity index is 1.85. The summed E-state index contributed by atoms with van der Waals surface area (Å²) in [5, 5.41) is 14.3. The molecule has 1 aliphatic rings. The van der Waals surface area contributed by atoms with E-state index in [4.69, 9.17) is 12.2 Å². The highest BCUT2D eigenvalue weighted by molar-refractivity contribution is 7.71. The lowest BCUT2D eigenvalue weighted by Crippen LogP contribution is -2.35. The summed E-state index contributed by atoms with van der Waals surface area (Å²) in [4.78, 5) is 15.4. The fraction of sp³-hybridized carbons (Fsp3) is 0.200. The summed E-state index contributed by atoms with van der Waals surface area (Å²) in [6, 6.07) is 17.4. The molecule has 3 N–H and O–H groups in total. The zero-order valence-corrected chi connectivity index (χ0v) is 14.9. The van der Waals surface area contributed by atoms with E-state index in [0.717, 1.165) is 24.1 Å². The smallest absolute Gasteiger partial charge is 0.260 e. The Morgan fingerprint density at radius 3 is 2.65 bits per heavy atom. The van der Waals surface area contributed by atoms with Crippen LogP contribution in [0.3, 0.4) is 0 Å². The van der Waals surface area contributed by atoms with Crippen molar-refractivity contribution >= 4 is 12.2 Å². The number of H-pyrrole nitrogens is 1. The minimum Gasteiger partial charge on any atom is -0.494 e. The van der Waals surface area contributed by atoms with E-state index in [0.29, 0.717) is 12.1 Å². The van der Waals surface area contributed by atoms with Crippen molar-refractivity contribution in [1.82, 2.24) is 14.9 Å². The number of nitrogens with one attached hydrogen (secondary N) is 2. The first-order valence-electron chi connectivity index (χ1n) is 8.56. The van der Waals surface area contributed by atoms with Crippen LogP contribution < -0.4 is 10.9 Å². The summed E-state index contributed by atoms with van der Waals surface area (Å²) >= 11 is 5.29. The molecule has 2 heterocycles. The van der Waals surface area contributed by atoms with Crippen LogP contribution in [0.5, 0.6) is 5.88 Å². The number of aromatic amines is 1. The summed E-state index contributed by atoms with van der Waals surface area (Å²) in [6.45, 7) is 1.14. The lowest BCUT2D eigenvalue weighted by Gasteiger charge is -2.27. The van der Waals surface area contributed by atoms with Crippen LogP contribution in [-0.4, -0.2) is 21.2 Å². The average Bonchev–Trinajstić information content (AvgIpc) is 2.66. The third-order valence-electron chi connectivity index (χ3n) is 4.79. The second-order valence-electron chi connectivity index (χ2n) is 6.40. The van der Waals surface area contributed by atoms with Crippen LogP contribution >= 0.6 is 12.2 Å². The first-order chi connectivity index (χ1) is 12.6. The molecular formula is C20H19N3O2S. The summed E-state index contributed by atoms with van der Waals surface area (Å²) in [5.74, 6) is -0.0863. The average molecular weight is 365 g/mol. The molecule has 1 aromatic heterocycles. The normalized spacial score (nSPS) is 16.2. The first kappa shape index (κ1) is 16.8. The van der Waals surface area contributed by atoms with E-state index >= 15 is 0 Å². The van der Waals surface area contributed by atoms with Crippen LogP contribution in [0.25, 0.3) is 0 Å². The Hall–Kier alpha value is -2.70. The third kappa shape index (κ3) is 2.98. The van der Waals surface area contributed by atoms with Crippen molar-refractivity contribution in [2.75, 3.05) is 6.54 Å². The monoisotopic (exact) mass is 365 g/mol. The molecule has 0 bridgehead atoms. The van der Waals surface area contributed by atoms with Gasteiger partial charge in [-0.1, -0.05) is 54.6 Å². The van der Waals surface area contributed by atoms with Crippen molar-refractivity contribution in [3.8, 4) is 5.88 Å². The van der Waals surface area contributed by atoms with Gasteiger partial charge in [-0.05, 0) is 35.3 Å². The molecule has 26 heavy (non-hydrogen) atoms. The maximum Gasteiger partial charge on any atom is 0.260 e. The van der Waals surface area contributed by atoms with E-state index in [1.165, 1.54) is 5.56 Å². The van der Waals surface area contributed by atoms with Gasteiger partial charge < -0.3 is 10.4 Å². The molecule has 132 valence electrons. The number of rotatable bonds is 3. The number of aromatic hydroxyl groups is 1. The number of aromatic nitrogens is 2. The van der Waals surface area contributed by atoms with Crippen LogP contribution in [0.4, 0.5) is 0 Å². The SMILES string of the molecule is O=c1[nH]c(=S)n(Cc2ccccc2)c(O)c1[C@@H]1NCCc2ccccc21. The van der Waals surface area contributed by atoms with Gasteiger partial charge in [0.2, 0.25) is 5.88 Å². The van der Waals surface area contributed by atoms with Gasteiger partial charge in [0, 0.05) is 6.54 Å². The Morgan fingerprint density at radius 1 is 1.12 bits per heavy atom. The molecule has 4 rings (SSSR count). The van der Waals surface area contributed by atoms with Crippen LogP contribution in [-0.2, 0) is 13.0 Å². The third-order valence-corrected chi connectivity index (χ3v) is 5.11. The largest absolute Gasteiger partial charge is 0.494 e. The van der Waals surface area contributed by atoms with E-state index < -0.39 is 0 Å². The predicted molar refractivity (Wildman–Crippen MR) is 103 cm³/mol. The van der Waals surface area contributed by atoms with E-state index in [1.807, 2.05) is 48.5 Å². The highest BCUT2D eigenvalue weighted by Crippen LogP contribution is 2.31. The quantitative estimate of drug-likeness (QED) is 0.624. The van der Waals surface area contributed by atoms with Crippen LogP contribution in [0.1, 0.15) is 28.3 Å². The van der Waals surface area contributed by atoms with E-state index in [-0.39, 0.29) is 22.3 Å². The minimum absolute atomic E-state index is 0.0863. The standard InChI is InChI=1S/C20H19N3O2S/c24-18-16(17-15-9-5-4-8-14(15)10-11-21-17)19(25)23(20(26)22-18)12-13-6-2-1-3-7-13/h1-9,17,21,25H,10-12H2,(H,22,24,26)/t17-/m1/s1. The zero-order valence-electron chi connectivity index (χ0n) is 14.1. The van der Waals surface area contributed by atoms with Crippen LogP contribution in [0.15, 0.2) is 59.4 Å². The maximum atomic E-state index is 12.6. The highest BCUT2D eigenvalue weighted by atomic mass is 32.1. The van der Waals surface area contributed by atoms with Crippen molar-refractivity contribution in [2.45, 2.75) is 19.0 Å². The maximum absolute atomic E-state index is 12.6. The number of hydrogen-bond acceptors (Lipinski definition) is 4. The molecule has 2 aromatic carbocycles. The second kappa shape index (κ2) is 6.90. The van der Waals surface area contributed by atoms with Gasteiger partial charge >= 0.3 is 0 Å². The molecule has 0 saturated carbocycles. The summed E-state index contributed by atoms with van der Waals surface area (Å²) < 4.78 is 1.78. The molecule has 6 heteroatoms. The molecule has 0 fully saturated rings. The van der Waals surface area contributed by atoms with E-state index in [2.05, 4.69) is 16.4 Å². The van der Waals surface area contributed by atoms with E-state index in [1.54, 1.807) is 4.57 Å². The summed E-state index contributed by atoms with van der Waals surface area (Å²) in [5.41, 5.74) is 3.15. The molecule has 0 amide bonds. The van der Waals surface area contributed by atoms with Crippen LogP contribution in [0, 0.1) is 4.77 Å². The van der Waals surface area contributed by atoms with Gasteiger partial charge in [0.05, 0.1) is 18.2 Å². The van der Waals surface area contributed by atoms with Crippen molar-refractivity contribution in [3.05, 3.63) is 92.0 Å². The number of fused-ring (bicyclic) bond motifs is 1. The predicted octanol–water partition coefficient (Wildman–Crippen LogP) is 2.89. The molecule has 3 aromatic rings. The lowest BCUT2D eigenvalue weighted by molar-refractivity contribution is 0.394. The summed E-state index contributed by atoms with van der Waals surface area (Å²) in [7, 11) is 0. The molecule has 0 radical (unpaired) electrons. The van der Waals surface area contributed by atoms with Crippen molar-refractivity contribution < 1.29 is 5.11 Å². The molecule has 1 atom stereocenters. The molecule has 0 spiro atoms. The molecule has 0 saturated heterocycles. The van der Waals surface area contributed by atoms with Crippen molar-refractivity contribution in [2.24, 2.45) is 0 Å². The van der Waals surface area contributed by atoms with Crippen molar-refractivity contribution in [3.63, 3.8) is 0 Å². The van der Waals surface area contributed by atoms with Gasteiger partial charge in [-0.2, -0.15) is 0 Å². The van der Waals surface area contributed by atoms with Gasteiger partial charge in [0.25, 0.3) is 5.56 Å². The zero-order chi connectivity index (χ0) is 18.1. The molecular weight excluding hydrogens is 346 g/mol. The van der Waals surface area contributed by atoms with Gasteiger partial charge in [0.1, 0.15) is 0 Å². The second-order valence-corrected chi connectivity index (χ2v) is 6.79. The molecule has 0 aliphatic carbocycles. The Labute approximate surface area is 156 Å². The van der Waals surface area contributed by atoms with Gasteiger partial charge in [-0.25, -0.2) is 0 Å². The van der Waals surface area contributed by atoms with Gasteiger partial charge in [0.15, 0.2) is 4.77 Å².